The second-order valence-electron chi connectivity index (χ2n) is 5.37. The standard InChI is InChI=1S/C13H17ClN2O2/c14-11-10-7-9(13(17)18)5-6-16(10)12(15-11)8-3-1-2-4-8/h8-9H,1-7H2,(H,17,18). The minimum Gasteiger partial charge on any atom is -0.481 e. The van der Waals surface area contributed by atoms with Gasteiger partial charge in [0.2, 0.25) is 0 Å². The zero-order chi connectivity index (χ0) is 12.7. The van der Waals surface area contributed by atoms with Crippen molar-refractivity contribution in [1.29, 1.82) is 0 Å². The molecule has 0 amide bonds. The van der Waals surface area contributed by atoms with Gasteiger partial charge in [-0.25, -0.2) is 4.98 Å². The number of carboxylic acids is 1. The maximum Gasteiger partial charge on any atom is 0.306 e. The number of aromatic nitrogens is 2. The lowest BCUT2D eigenvalue weighted by Gasteiger charge is -2.23. The molecule has 1 N–H and O–H groups in total. The highest BCUT2D eigenvalue weighted by atomic mass is 35.5. The Hall–Kier alpha value is -1.03. The molecule has 1 aliphatic heterocycles. The Morgan fingerprint density at radius 1 is 1.33 bits per heavy atom. The Kier molecular flexibility index (Phi) is 3.06. The fourth-order valence-electron chi connectivity index (χ4n) is 3.25. The number of hydrogen-bond donors (Lipinski definition) is 1. The van der Waals surface area contributed by atoms with Crippen LogP contribution in [0.25, 0.3) is 0 Å². The molecule has 3 rings (SSSR count). The molecule has 2 heterocycles. The van der Waals surface area contributed by atoms with Crippen LogP contribution < -0.4 is 0 Å². The lowest BCUT2D eigenvalue weighted by atomic mass is 9.96. The summed E-state index contributed by atoms with van der Waals surface area (Å²) in [7, 11) is 0. The number of carboxylic acid groups (broad SMARTS) is 1. The lowest BCUT2D eigenvalue weighted by Crippen LogP contribution is -2.26. The number of halogens is 1. The third-order valence-corrected chi connectivity index (χ3v) is 4.57. The summed E-state index contributed by atoms with van der Waals surface area (Å²) >= 11 is 6.19. The van der Waals surface area contributed by atoms with Crippen LogP contribution in [0.4, 0.5) is 0 Å². The van der Waals surface area contributed by atoms with E-state index in [4.69, 9.17) is 16.7 Å². The van der Waals surface area contributed by atoms with Gasteiger partial charge in [0.05, 0.1) is 11.6 Å². The van der Waals surface area contributed by atoms with Crippen LogP contribution in [0.15, 0.2) is 0 Å². The number of hydrogen-bond acceptors (Lipinski definition) is 2. The molecule has 0 saturated heterocycles. The smallest absolute Gasteiger partial charge is 0.306 e. The average molecular weight is 269 g/mol. The van der Waals surface area contributed by atoms with Crippen LogP contribution in [-0.2, 0) is 17.8 Å². The summed E-state index contributed by atoms with van der Waals surface area (Å²) in [6.07, 6.45) is 6.12. The molecule has 0 radical (unpaired) electrons. The highest BCUT2D eigenvalue weighted by Crippen LogP contribution is 2.37. The number of imidazole rings is 1. The lowest BCUT2D eigenvalue weighted by molar-refractivity contribution is -0.142. The monoisotopic (exact) mass is 268 g/mol. The van der Waals surface area contributed by atoms with E-state index in [1.165, 1.54) is 25.7 Å². The molecule has 1 aromatic heterocycles. The summed E-state index contributed by atoms with van der Waals surface area (Å²) in [6.45, 7) is 0.748. The van der Waals surface area contributed by atoms with E-state index in [1.54, 1.807) is 0 Å². The average Bonchev–Trinajstić information content (AvgIpc) is 2.97. The molecular formula is C13H17ClN2O2. The van der Waals surface area contributed by atoms with Crippen molar-refractivity contribution in [2.45, 2.75) is 51.0 Å². The minimum absolute atomic E-state index is 0.303. The molecule has 1 fully saturated rings. The Morgan fingerprint density at radius 2 is 2.06 bits per heavy atom. The second-order valence-corrected chi connectivity index (χ2v) is 5.73. The van der Waals surface area contributed by atoms with Gasteiger partial charge in [0.1, 0.15) is 5.82 Å². The first-order valence-corrected chi connectivity index (χ1v) is 7.02. The number of fused-ring (bicyclic) bond motifs is 1. The van der Waals surface area contributed by atoms with Crippen LogP contribution in [0.2, 0.25) is 5.15 Å². The van der Waals surface area contributed by atoms with Crippen LogP contribution in [0.3, 0.4) is 0 Å². The van der Waals surface area contributed by atoms with Crippen LogP contribution in [-0.4, -0.2) is 20.6 Å². The number of rotatable bonds is 2. The van der Waals surface area contributed by atoms with E-state index in [0.29, 0.717) is 23.9 Å². The summed E-state index contributed by atoms with van der Waals surface area (Å²) in [4.78, 5) is 15.6. The maximum absolute atomic E-state index is 11.1. The van der Waals surface area contributed by atoms with Crippen LogP contribution >= 0.6 is 11.6 Å². The molecule has 2 aliphatic rings. The minimum atomic E-state index is -0.721. The van der Waals surface area contributed by atoms with Gasteiger partial charge in [-0.3, -0.25) is 4.79 Å². The Labute approximate surface area is 111 Å². The first-order chi connectivity index (χ1) is 8.66. The predicted molar refractivity (Wildman–Crippen MR) is 67.9 cm³/mol. The molecule has 0 bridgehead atoms. The van der Waals surface area contributed by atoms with Gasteiger partial charge < -0.3 is 9.67 Å². The highest BCUT2D eigenvalue weighted by Gasteiger charge is 2.31. The summed E-state index contributed by atoms with van der Waals surface area (Å²) in [5, 5.41) is 9.62. The summed E-state index contributed by atoms with van der Waals surface area (Å²) in [5.41, 5.74) is 0.928. The van der Waals surface area contributed by atoms with Gasteiger partial charge in [0.15, 0.2) is 5.15 Å². The predicted octanol–water partition coefficient (Wildman–Crippen LogP) is 2.84. The summed E-state index contributed by atoms with van der Waals surface area (Å²) in [6, 6.07) is 0. The van der Waals surface area contributed by atoms with E-state index < -0.39 is 5.97 Å². The normalized spacial score (nSPS) is 24.2. The molecule has 4 nitrogen and oxygen atoms in total. The van der Waals surface area contributed by atoms with Gasteiger partial charge in [0.25, 0.3) is 0 Å². The van der Waals surface area contributed by atoms with Crippen molar-refractivity contribution in [2.24, 2.45) is 5.92 Å². The quantitative estimate of drug-likeness (QED) is 0.897. The second kappa shape index (κ2) is 4.57. The fraction of sp³-hybridized carbons (Fsp3) is 0.692. The molecule has 1 saturated carbocycles. The third kappa shape index (κ3) is 1.92. The molecule has 18 heavy (non-hydrogen) atoms. The molecule has 1 aliphatic carbocycles. The van der Waals surface area contributed by atoms with Crippen molar-refractivity contribution < 1.29 is 9.90 Å². The molecule has 0 spiro atoms. The zero-order valence-corrected chi connectivity index (χ0v) is 11.0. The SMILES string of the molecule is O=C(O)C1CCn2c(C3CCCC3)nc(Cl)c2C1. The van der Waals surface area contributed by atoms with E-state index in [-0.39, 0.29) is 5.92 Å². The van der Waals surface area contributed by atoms with E-state index in [9.17, 15) is 4.79 Å². The summed E-state index contributed by atoms with van der Waals surface area (Å²) < 4.78 is 2.18. The third-order valence-electron chi connectivity index (χ3n) is 4.26. The van der Waals surface area contributed by atoms with Crippen LogP contribution in [0.5, 0.6) is 0 Å². The molecule has 1 unspecified atom stereocenters. The van der Waals surface area contributed by atoms with E-state index >= 15 is 0 Å². The van der Waals surface area contributed by atoms with Gasteiger partial charge >= 0.3 is 5.97 Å². The van der Waals surface area contributed by atoms with Gasteiger partial charge in [-0.2, -0.15) is 0 Å². The number of carbonyl (C=O) groups is 1. The van der Waals surface area contributed by atoms with Crippen molar-refractivity contribution in [3.05, 3.63) is 16.7 Å². The van der Waals surface area contributed by atoms with Crippen molar-refractivity contribution >= 4 is 17.6 Å². The van der Waals surface area contributed by atoms with Crippen molar-refractivity contribution in [3.8, 4) is 0 Å². The van der Waals surface area contributed by atoms with Crippen LogP contribution in [0, 0.1) is 5.92 Å². The van der Waals surface area contributed by atoms with Crippen LogP contribution in [0.1, 0.15) is 49.5 Å². The first kappa shape index (κ1) is 12.0. The Balaban J connectivity index is 1.92. The van der Waals surface area contributed by atoms with Crippen molar-refractivity contribution in [3.63, 3.8) is 0 Å². The van der Waals surface area contributed by atoms with Crippen molar-refractivity contribution in [2.75, 3.05) is 0 Å². The maximum atomic E-state index is 11.1. The number of aliphatic carboxylic acids is 1. The van der Waals surface area contributed by atoms with E-state index in [0.717, 1.165) is 18.1 Å². The highest BCUT2D eigenvalue weighted by molar-refractivity contribution is 6.30. The van der Waals surface area contributed by atoms with Gasteiger partial charge in [-0.1, -0.05) is 24.4 Å². The van der Waals surface area contributed by atoms with E-state index in [1.807, 2.05) is 0 Å². The molecular weight excluding hydrogens is 252 g/mol. The van der Waals surface area contributed by atoms with E-state index in [2.05, 4.69) is 9.55 Å². The zero-order valence-electron chi connectivity index (χ0n) is 10.2. The molecule has 1 aromatic rings. The fourth-order valence-corrected chi connectivity index (χ4v) is 3.51. The van der Waals surface area contributed by atoms with Gasteiger partial charge in [0, 0.05) is 18.9 Å². The Morgan fingerprint density at radius 3 is 2.72 bits per heavy atom. The van der Waals surface area contributed by atoms with Crippen molar-refractivity contribution in [1.82, 2.24) is 9.55 Å². The van der Waals surface area contributed by atoms with Gasteiger partial charge in [-0.15, -0.1) is 0 Å². The topological polar surface area (TPSA) is 55.1 Å². The first-order valence-electron chi connectivity index (χ1n) is 6.64. The largest absolute Gasteiger partial charge is 0.481 e. The molecule has 98 valence electrons. The Bertz CT molecular complexity index is 478. The molecule has 0 aromatic carbocycles. The number of nitrogens with zero attached hydrogens (tertiary/aromatic N) is 2. The molecule has 5 heteroatoms. The van der Waals surface area contributed by atoms with Gasteiger partial charge in [-0.05, 0) is 19.3 Å². The summed E-state index contributed by atoms with van der Waals surface area (Å²) in [5.74, 6) is 0.595. The molecule has 1 atom stereocenters.